The van der Waals surface area contributed by atoms with Gasteiger partial charge in [0.1, 0.15) is 11.6 Å². The fraction of sp³-hybridized carbons (Fsp3) is 0.478. The van der Waals surface area contributed by atoms with Crippen LogP contribution in [0, 0.1) is 12.8 Å². The number of rotatable bonds is 7. The average Bonchev–Trinajstić information content (AvgIpc) is 3.03. The molecule has 0 aromatic carbocycles. The van der Waals surface area contributed by atoms with Gasteiger partial charge in [-0.15, -0.1) is 11.3 Å². The van der Waals surface area contributed by atoms with Crippen LogP contribution in [0.2, 0.25) is 0 Å². The monoisotopic (exact) mass is 422 g/mol. The van der Waals surface area contributed by atoms with E-state index in [1.807, 2.05) is 24.7 Å². The van der Waals surface area contributed by atoms with Crippen molar-refractivity contribution in [1.29, 1.82) is 0 Å². The number of nitrogens with zero attached hydrogens (tertiary/aromatic N) is 5. The third-order valence-corrected chi connectivity index (χ3v) is 6.41. The van der Waals surface area contributed by atoms with Gasteiger partial charge in [0.2, 0.25) is 0 Å². The Balaban J connectivity index is 1.30. The van der Waals surface area contributed by atoms with Gasteiger partial charge in [-0.1, -0.05) is 13.0 Å². The lowest BCUT2D eigenvalue weighted by Crippen LogP contribution is -2.24. The standard InChI is InChI=1S/C23H30N6S/c1-3-21-24-14-19(15-25-21)16-29-10-5-6-18(9-11-29)12-20-7-4-8-22(27-20)28-23-26-13-17(2)30-23/h4,7-8,13-15,18H,3,5-6,9-12,16H2,1-2H3,(H,26,27,28). The van der Waals surface area contributed by atoms with Crippen LogP contribution in [0.4, 0.5) is 10.9 Å². The van der Waals surface area contributed by atoms with Crippen molar-refractivity contribution in [3.05, 3.63) is 58.7 Å². The Morgan fingerprint density at radius 2 is 1.97 bits per heavy atom. The quantitative estimate of drug-likeness (QED) is 0.591. The lowest BCUT2D eigenvalue weighted by Gasteiger charge is -2.20. The van der Waals surface area contributed by atoms with Gasteiger partial charge in [0.25, 0.3) is 0 Å². The minimum Gasteiger partial charge on any atom is -0.316 e. The number of hydrogen-bond donors (Lipinski definition) is 1. The summed E-state index contributed by atoms with van der Waals surface area (Å²) < 4.78 is 0. The van der Waals surface area contributed by atoms with E-state index in [4.69, 9.17) is 4.98 Å². The van der Waals surface area contributed by atoms with Crippen LogP contribution >= 0.6 is 11.3 Å². The predicted molar refractivity (Wildman–Crippen MR) is 122 cm³/mol. The van der Waals surface area contributed by atoms with Crippen LogP contribution in [0.25, 0.3) is 0 Å². The van der Waals surface area contributed by atoms with Gasteiger partial charge in [-0.2, -0.15) is 0 Å². The van der Waals surface area contributed by atoms with E-state index in [1.165, 1.54) is 29.7 Å². The Bertz CT molecular complexity index is 939. The molecule has 0 radical (unpaired) electrons. The van der Waals surface area contributed by atoms with E-state index < -0.39 is 0 Å². The number of likely N-dealkylation sites (tertiary alicyclic amines) is 1. The fourth-order valence-electron chi connectivity index (χ4n) is 3.97. The van der Waals surface area contributed by atoms with Crippen molar-refractivity contribution >= 4 is 22.3 Å². The molecule has 1 atom stereocenters. The third-order valence-electron chi connectivity index (χ3n) is 5.58. The SMILES string of the molecule is CCc1ncc(CN2CCCC(Cc3cccc(Nc4ncc(C)s4)n3)CC2)cn1. The fourth-order valence-corrected chi connectivity index (χ4v) is 4.64. The first-order valence-electron chi connectivity index (χ1n) is 10.9. The minimum atomic E-state index is 0.679. The van der Waals surface area contributed by atoms with Crippen LogP contribution in [0.1, 0.15) is 48.1 Å². The van der Waals surface area contributed by atoms with Gasteiger partial charge >= 0.3 is 0 Å². The lowest BCUT2D eigenvalue weighted by molar-refractivity contribution is 0.271. The summed E-state index contributed by atoms with van der Waals surface area (Å²) in [6.45, 7) is 7.36. The van der Waals surface area contributed by atoms with Crippen molar-refractivity contribution in [2.75, 3.05) is 18.4 Å². The van der Waals surface area contributed by atoms with Crippen molar-refractivity contribution in [2.24, 2.45) is 5.92 Å². The maximum atomic E-state index is 4.83. The molecular formula is C23H30N6S. The molecule has 4 heterocycles. The highest BCUT2D eigenvalue weighted by Gasteiger charge is 2.18. The summed E-state index contributed by atoms with van der Waals surface area (Å²) in [5.41, 5.74) is 2.37. The van der Waals surface area contributed by atoms with Gasteiger partial charge in [-0.05, 0) is 63.7 Å². The summed E-state index contributed by atoms with van der Waals surface area (Å²) in [5, 5.41) is 4.23. The van der Waals surface area contributed by atoms with E-state index in [1.54, 1.807) is 11.3 Å². The summed E-state index contributed by atoms with van der Waals surface area (Å²) in [6, 6.07) is 6.25. The summed E-state index contributed by atoms with van der Waals surface area (Å²) in [5.74, 6) is 2.48. The van der Waals surface area contributed by atoms with Gasteiger partial charge in [-0.3, -0.25) is 4.90 Å². The second-order valence-electron chi connectivity index (χ2n) is 8.05. The number of hydrogen-bond acceptors (Lipinski definition) is 7. The van der Waals surface area contributed by atoms with Crippen LogP contribution < -0.4 is 5.32 Å². The second kappa shape index (κ2) is 10.1. The largest absolute Gasteiger partial charge is 0.316 e. The molecule has 0 saturated carbocycles. The van der Waals surface area contributed by atoms with Crippen LogP contribution in [0.3, 0.4) is 0 Å². The van der Waals surface area contributed by atoms with Crippen molar-refractivity contribution in [2.45, 2.75) is 52.5 Å². The highest BCUT2D eigenvalue weighted by atomic mass is 32.1. The van der Waals surface area contributed by atoms with Crippen LogP contribution in [0.15, 0.2) is 36.8 Å². The van der Waals surface area contributed by atoms with E-state index in [-0.39, 0.29) is 0 Å². The lowest BCUT2D eigenvalue weighted by atomic mass is 9.95. The van der Waals surface area contributed by atoms with E-state index in [0.29, 0.717) is 5.92 Å². The third kappa shape index (κ3) is 5.83. The normalized spacial score (nSPS) is 17.6. The number of pyridine rings is 1. The maximum Gasteiger partial charge on any atom is 0.188 e. The topological polar surface area (TPSA) is 66.8 Å². The molecule has 7 heteroatoms. The zero-order valence-electron chi connectivity index (χ0n) is 17.8. The van der Waals surface area contributed by atoms with Crippen molar-refractivity contribution in [3.8, 4) is 0 Å². The van der Waals surface area contributed by atoms with Gasteiger partial charge in [0, 0.05) is 47.7 Å². The number of aromatic nitrogens is 4. The first-order chi connectivity index (χ1) is 14.7. The predicted octanol–water partition coefficient (Wildman–Crippen LogP) is 4.79. The maximum absolute atomic E-state index is 4.83. The minimum absolute atomic E-state index is 0.679. The Morgan fingerprint density at radius 3 is 2.73 bits per heavy atom. The molecule has 6 nitrogen and oxygen atoms in total. The molecule has 1 saturated heterocycles. The van der Waals surface area contributed by atoms with Gasteiger partial charge in [-0.25, -0.2) is 19.9 Å². The van der Waals surface area contributed by atoms with Crippen molar-refractivity contribution in [3.63, 3.8) is 0 Å². The summed E-state index contributed by atoms with van der Waals surface area (Å²) in [7, 11) is 0. The molecule has 3 aromatic heterocycles. The first kappa shape index (κ1) is 20.9. The molecule has 0 spiro atoms. The molecule has 0 bridgehead atoms. The zero-order chi connectivity index (χ0) is 20.8. The molecule has 1 N–H and O–H groups in total. The highest BCUT2D eigenvalue weighted by molar-refractivity contribution is 7.15. The molecule has 30 heavy (non-hydrogen) atoms. The van der Waals surface area contributed by atoms with Gasteiger partial charge in [0.15, 0.2) is 5.13 Å². The Kier molecular flexibility index (Phi) is 7.02. The summed E-state index contributed by atoms with van der Waals surface area (Å²) in [4.78, 5) is 21.8. The molecule has 0 amide bonds. The van der Waals surface area contributed by atoms with Gasteiger partial charge < -0.3 is 5.32 Å². The summed E-state index contributed by atoms with van der Waals surface area (Å²) >= 11 is 1.65. The number of thiazole rings is 1. The Labute approximate surface area is 182 Å². The van der Waals surface area contributed by atoms with Crippen LogP contribution in [-0.2, 0) is 19.4 Å². The van der Waals surface area contributed by atoms with Crippen molar-refractivity contribution in [1.82, 2.24) is 24.8 Å². The number of aryl methyl sites for hydroxylation is 2. The van der Waals surface area contributed by atoms with Crippen molar-refractivity contribution < 1.29 is 0 Å². The number of anilines is 2. The van der Waals surface area contributed by atoms with Crippen LogP contribution in [0.5, 0.6) is 0 Å². The van der Waals surface area contributed by atoms with E-state index in [0.717, 1.165) is 54.9 Å². The van der Waals surface area contributed by atoms with E-state index in [9.17, 15) is 0 Å². The molecule has 1 aliphatic heterocycles. The van der Waals surface area contributed by atoms with E-state index >= 15 is 0 Å². The Hall–Kier alpha value is -2.38. The molecule has 0 aliphatic carbocycles. The molecular weight excluding hydrogens is 392 g/mol. The highest BCUT2D eigenvalue weighted by Crippen LogP contribution is 2.24. The molecule has 1 fully saturated rings. The first-order valence-corrected chi connectivity index (χ1v) is 11.7. The summed E-state index contributed by atoms with van der Waals surface area (Å²) in [6.07, 6.45) is 11.5. The van der Waals surface area contributed by atoms with Crippen LogP contribution in [-0.4, -0.2) is 37.9 Å². The second-order valence-corrected chi connectivity index (χ2v) is 9.29. The van der Waals surface area contributed by atoms with Gasteiger partial charge in [0.05, 0.1) is 0 Å². The van der Waals surface area contributed by atoms with E-state index in [2.05, 4.69) is 51.1 Å². The Morgan fingerprint density at radius 1 is 1.10 bits per heavy atom. The molecule has 3 aromatic rings. The number of nitrogens with one attached hydrogen (secondary N) is 1. The molecule has 1 unspecified atom stereocenters. The molecule has 4 rings (SSSR count). The average molecular weight is 423 g/mol. The smallest absolute Gasteiger partial charge is 0.188 e. The molecule has 158 valence electrons. The molecule has 1 aliphatic rings. The zero-order valence-corrected chi connectivity index (χ0v) is 18.7.